The summed E-state index contributed by atoms with van der Waals surface area (Å²) in [5.41, 5.74) is 0.966. The van der Waals surface area contributed by atoms with Gasteiger partial charge in [0.05, 0.1) is 6.04 Å². The van der Waals surface area contributed by atoms with E-state index in [1.807, 2.05) is 37.4 Å². The fourth-order valence-electron chi connectivity index (χ4n) is 3.74. The fourth-order valence-corrected chi connectivity index (χ4v) is 3.74. The summed E-state index contributed by atoms with van der Waals surface area (Å²) in [5.74, 6) is -0.572. The molecule has 2 saturated heterocycles. The number of esters is 2. The summed E-state index contributed by atoms with van der Waals surface area (Å²) in [6.07, 6.45) is 5.32. The zero-order valence-corrected chi connectivity index (χ0v) is 14.1. The van der Waals surface area contributed by atoms with Crippen LogP contribution < -0.4 is 0 Å². The summed E-state index contributed by atoms with van der Waals surface area (Å²) in [6, 6.07) is 10.1. The molecule has 2 aliphatic rings. The molecule has 0 aliphatic carbocycles. The molecule has 0 aromatic heterocycles. The predicted octanol–water partition coefficient (Wildman–Crippen LogP) is 2.41. The molecular weight excluding hydrogens is 306 g/mol. The first-order valence-corrected chi connectivity index (χ1v) is 8.36. The molecular formula is C19H23NO4. The second-order valence-corrected chi connectivity index (χ2v) is 6.54. The number of benzene rings is 1. The Bertz CT molecular complexity index is 628. The Morgan fingerprint density at radius 1 is 1.12 bits per heavy atom. The summed E-state index contributed by atoms with van der Waals surface area (Å²) in [4.78, 5) is 25.5. The molecule has 24 heavy (non-hydrogen) atoms. The smallest absolute Gasteiger partial charge is 0.331 e. The zero-order valence-electron chi connectivity index (χ0n) is 14.1. The number of carbonyl (C=O) groups excluding carboxylic acids is 2. The Balaban J connectivity index is 1.56. The van der Waals surface area contributed by atoms with Gasteiger partial charge in [-0.15, -0.1) is 0 Å². The molecule has 2 fully saturated rings. The van der Waals surface area contributed by atoms with Crippen molar-refractivity contribution in [3.05, 3.63) is 42.0 Å². The first kappa shape index (κ1) is 16.7. The Labute approximate surface area is 142 Å². The average Bonchev–Trinajstić information content (AvgIpc) is 2.71. The summed E-state index contributed by atoms with van der Waals surface area (Å²) < 4.78 is 11.0. The first-order valence-electron chi connectivity index (χ1n) is 8.36. The molecule has 128 valence electrons. The van der Waals surface area contributed by atoms with Crippen molar-refractivity contribution in [1.29, 1.82) is 0 Å². The van der Waals surface area contributed by atoms with E-state index >= 15 is 0 Å². The van der Waals surface area contributed by atoms with Gasteiger partial charge in [0.1, 0.15) is 12.2 Å². The van der Waals surface area contributed by atoms with E-state index in [1.54, 1.807) is 6.08 Å². The Morgan fingerprint density at radius 2 is 1.88 bits per heavy atom. The van der Waals surface area contributed by atoms with Crippen LogP contribution in [0, 0.1) is 0 Å². The van der Waals surface area contributed by atoms with Gasteiger partial charge in [0.25, 0.3) is 0 Å². The molecule has 0 radical (unpaired) electrons. The van der Waals surface area contributed by atoms with Gasteiger partial charge in [-0.1, -0.05) is 30.3 Å². The number of carbonyl (C=O) groups is 2. The van der Waals surface area contributed by atoms with Crippen molar-refractivity contribution in [3.8, 4) is 0 Å². The lowest BCUT2D eigenvalue weighted by Gasteiger charge is -2.36. The monoisotopic (exact) mass is 329 g/mol. The molecule has 0 N–H and O–H groups in total. The van der Waals surface area contributed by atoms with Crippen molar-refractivity contribution in [2.45, 2.75) is 50.5 Å². The molecule has 1 aromatic rings. The Morgan fingerprint density at radius 3 is 2.58 bits per heavy atom. The van der Waals surface area contributed by atoms with Crippen molar-refractivity contribution in [3.63, 3.8) is 0 Å². The topological polar surface area (TPSA) is 55.8 Å². The zero-order chi connectivity index (χ0) is 17.1. The van der Waals surface area contributed by atoms with Crippen LogP contribution in [0.2, 0.25) is 0 Å². The van der Waals surface area contributed by atoms with E-state index in [1.165, 1.54) is 13.0 Å². The lowest BCUT2D eigenvalue weighted by atomic mass is 10.0. The molecule has 4 unspecified atom stereocenters. The fraction of sp³-hybridized carbons (Fsp3) is 0.474. The van der Waals surface area contributed by atoms with E-state index < -0.39 is 0 Å². The van der Waals surface area contributed by atoms with Crippen LogP contribution in [0.25, 0.3) is 6.08 Å². The highest BCUT2D eigenvalue weighted by Gasteiger charge is 2.47. The lowest BCUT2D eigenvalue weighted by molar-refractivity contribution is -0.151. The Hall–Kier alpha value is -2.14. The van der Waals surface area contributed by atoms with Crippen LogP contribution in [0.15, 0.2) is 36.4 Å². The number of rotatable bonds is 4. The molecule has 3 rings (SSSR count). The summed E-state index contributed by atoms with van der Waals surface area (Å²) >= 11 is 0. The van der Waals surface area contributed by atoms with Crippen molar-refractivity contribution in [1.82, 2.24) is 4.90 Å². The van der Waals surface area contributed by atoms with Gasteiger partial charge in [-0.05, 0) is 18.7 Å². The molecule has 4 atom stereocenters. The van der Waals surface area contributed by atoms with Crippen LogP contribution in [-0.2, 0) is 19.1 Å². The third-order valence-electron chi connectivity index (χ3n) is 4.88. The quantitative estimate of drug-likeness (QED) is 0.627. The molecule has 2 heterocycles. The minimum absolute atomic E-state index is 0.0962. The second-order valence-electron chi connectivity index (χ2n) is 6.54. The molecule has 0 saturated carbocycles. The highest BCUT2D eigenvalue weighted by atomic mass is 16.6. The van der Waals surface area contributed by atoms with E-state index in [4.69, 9.17) is 9.47 Å². The maximum Gasteiger partial charge on any atom is 0.331 e. The number of fused-ring (bicyclic) bond motifs is 2. The summed E-state index contributed by atoms with van der Waals surface area (Å²) in [6.45, 7) is 1.44. The molecule has 1 aromatic carbocycles. The van der Waals surface area contributed by atoms with Crippen LogP contribution in [0.5, 0.6) is 0 Å². The first-order chi connectivity index (χ1) is 11.5. The molecule has 0 spiro atoms. The van der Waals surface area contributed by atoms with Crippen molar-refractivity contribution < 1.29 is 19.1 Å². The molecule has 5 nitrogen and oxygen atoms in total. The largest absolute Gasteiger partial charge is 0.461 e. The third-order valence-corrected chi connectivity index (χ3v) is 4.88. The van der Waals surface area contributed by atoms with Crippen LogP contribution in [0.3, 0.4) is 0 Å². The number of hydrogen-bond acceptors (Lipinski definition) is 5. The van der Waals surface area contributed by atoms with Gasteiger partial charge < -0.3 is 9.47 Å². The highest BCUT2D eigenvalue weighted by molar-refractivity contribution is 5.87. The maximum absolute atomic E-state index is 12.1. The number of nitrogens with zero attached hydrogens (tertiary/aromatic N) is 1. The van der Waals surface area contributed by atoms with Crippen LogP contribution in [-0.4, -0.2) is 48.2 Å². The molecule has 0 amide bonds. The maximum atomic E-state index is 12.1. The SMILES string of the molecule is CC(=O)OC1CC2CC(OC(=O)/C=C\c3ccccc3)CC1N2C. The van der Waals surface area contributed by atoms with Crippen molar-refractivity contribution in [2.75, 3.05) is 7.05 Å². The van der Waals surface area contributed by atoms with Crippen LogP contribution in [0.4, 0.5) is 0 Å². The molecule has 2 bridgehead atoms. The number of likely N-dealkylation sites (N-methyl/N-ethyl adjacent to an activating group) is 1. The third kappa shape index (κ3) is 3.85. The second kappa shape index (κ2) is 7.18. The number of ether oxygens (including phenoxy) is 2. The molecule has 2 aliphatic heterocycles. The normalized spacial score (nSPS) is 29.6. The van der Waals surface area contributed by atoms with Gasteiger partial charge in [0, 0.05) is 38.3 Å². The van der Waals surface area contributed by atoms with Gasteiger partial charge in [0.15, 0.2) is 0 Å². The average molecular weight is 329 g/mol. The standard InChI is InChI=1S/C19H23NO4/c1-13(21)23-18-11-15-10-16(12-17(18)20(15)2)24-19(22)9-8-14-6-4-3-5-7-14/h3-9,15-18H,10-12H2,1-2H3/b9-8-. The predicted molar refractivity (Wildman–Crippen MR) is 90.1 cm³/mol. The van der Waals surface area contributed by atoms with E-state index in [9.17, 15) is 9.59 Å². The van der Waals surface area contributed by atoms with Gasteiger partial charge in [-0.3, -0.25) is 9.69 Å². The van der Waals surface area contributed by atoms with Crippen molar-refractivity contribution >= 4 is 18.0 Å². The molecule has 5 heteroatoms. The number of hydrogen-bond donors (Lipinski definition) is 0. The van der Waals surface area contributed by atoms with Crippen molar-refractivity contribution in [2.24, 2.45) is 0 Å². The van der Waals surface area contributed by atoms with E-state index in [0.29, 0.717) is 12.5 Å². The lowest BCUT2D eigenvalue weighted by Crippen LogP contribution is -2.45. The van der Waals surface area contributed by atoms with E-state index in [0.717, 1.165) is 18.4 Å². The Kier molecular flexibility index (Phi) is 5.00. The van der Waals surface area contributed by atoms with Crippen LogP contribution in [0.1, 0.15) is 31.7 Å². The highest BCUT2D eigenvalue weighted by Crippen LogP contribution is 2.37. The van der Waals surface area contributed by atoms with E-state index in [2.05, 4.69) is 4.90 Å². The minimum atomic E-state index is -0.322. The van der Waals surface area contributed by atoms with Crippen LogP contribution >= 0.6 is 0 Å². The van der Waals surface area contributed by atoms with Gasteiger partial charge in [-0.25, -0.2) is 4.79 Å². The summed E-state index contributed by atoms with van der Waals surface area (Å²) in [7, 11) is 2.05. The minimum Gasteiger partial charge on any atom is -0.461 e. The number of piperidine rings is 1. The van der Waals surface area contributed by atoms with Gasteiger partial charge in [-0.2, -0.15) is 0 Å². The van der Waals surface area contributed by atoms with Gasteiger partial charge in [0.2, 0.25) is 0 Å². The van der Waals surface area contributed by atoms with E-state index in [-0.39, 0.29) is 30.2 Å². The summed E-state index contributed by atoms with van der Waals surface area (Å²) in [5, 5.41) is 0. The van der Waals surface area contributed by atoms with Gasteiger partial charge >= 0.3 is 11.9 Å².